The Kier molecular flexibility index (Phi) is 5.35. The maximum atomic E-state index is 10.7. The van der Waals surface area contributed by atoms with Gasteiger partial charge in [-0.05, 0) is 56.2 Å². The van der Waals surface area contributed by atoms with Gasteiger partial charge in [-0.3, -0.25) is 15.5 Å². The SMILES string of the molecule is CCc1ccc(-n2c(C)cc(/C=N\Nc3ccc([N+](=O)[O-])cc3)c2C)cc1. The summed E-state index contributed by atoms with van der Waals surface area (Å²) in [5, 5.41) is 15.0. The van der Waals surface area contributed by atoms with Gasteiger partial charge in [0.15, 0.2) is 0 Å². The molecule has 0 aliphatic heterocycles. The van der Waals surface area contributed by atoms with E-state index in [2.05, 4.69) is 66.2 Å². The fraction of sp³-hybridized carbons (Fsp3) is 0.190. The van der Waals surface area contributed by atoms with Crippen LogP contribution in [0, 0.1) is 24.0 Å². The summed E-state index contributed by atoms with van der Waals surface area (Å²) >= 11 is 0. The molecule has 6 nitrogen and oxygen atoms in total. The Hall–Kier alpha value is -3.41. The molecule has 0 bridgehead atoms. The molecule has 0 fully saturated rings. The van der Waals surface area contributed by atoms with E-state index in [0.717, 1.165) is 29.1 Å². The molecule has 0 aliphatic rings. The van der Waals surface area contributed by atoms with Gasteiger partial charge in [-0.2, -0.15) is 5.10 Å². The summed E-state index contributed by atoms with van der Waals surface area (Å²) in [5.74, 6) is 0. The number of nitro groups is 1. The van der Waals surface area contributed by atoms with Gasteiger partial charge in [0.25, 0.3) is 5.69 Å². The fourth-order valence-corrected chi connectivity index (χ4v) is 3.03. The second kappa shape index (κ2) is 7.86. The average molecular weight is 362 g/mol. The Morgan fingerprint density at radius 3 is 2.37 bits per heavy atom. The largest absolute Gasteiger partial charge is 0.318 e. The van der Waals surface area contributed by atoms with Crippen molar-refractivity contribution in [3.63, 3.8) is 0 Å². The first-order valence-electron chi connectivity index (χ1n) is 8.81. The first kappa shape index (κ1) is 18.4. The zero-order chi connectivity index (χ0) is 19.4. The minimum Gasteiger partial charge on any atom is -0.318 e. The van der Waals surface area contributed by atoms with Crippen molar-refractivity contribution in [3.05, 3.63) is 87.2 Å². The van der Waals surface area contributed by atoms with Gasteiger partial charge in [0.2, 0.25) is 0 Å². The Bertz CT molecular complexity index is 971. The van der Waals surface area contributed by atoms with E-state index in [0.29, 0.717) is 5.69 Å². The van der Waals surface area contributed by atoms with Gasteiger partial charge in [0.1, 0.15) is 0 Å². The highest BCUT2D eigenvalue weighted by atomic mass is 16.6. The molecule has 3 aromatic rings. The molecule has 1 heterocycles. The molecular formula is C21H22N4O2. The minimum absolute atomic E-state index is 0.0576. The number of aryl methyl sites for hydroxylation is 2. The summed E-state index contributed by atoms with van der Waals surface area (Å²) in [6.07, 6.45) is 2.79. The zero-order valence-electron chi connectivity index (χ0n) is 15.6. The third-order valence-electron chi connectivity index (χ3n) is 4.55. The number of hydrogen-bond donors (Lipinski definition) is 1. The Morgan fingerprint density at radius 2 is 1.78 bits per heavy atom. The van der Waals surface area contributed by atoms with E-state index < -0.39 is 4.92 Å². The monoisotopic (exact) mass is 362 g/mol. The summed E-state index contributed by atoms with van der Waals surface area (Å²) in [4.78, 5) is 10.3. The fourth-order valence-electron chi connectivity index (χ4n) is 3.03. The maximum absolute atomic E-state index is 10.7. The third-order valence-corrected chi connectivity index (χ3v) is 4.55. The second-order valence-electron chi connectivity index (χ2n) is 6.36. The lowest BCUT2D eigenvalue weighted by molar-refractivity contribution is -0.384. The van der Waals surface area contributed by atoms with Crippen LogP contribution in [0.25, 0.3) is 5.69 Å². The van der Waals surface area contributed by atoms with Crippen molar-refractivity contribution < 1.29 is 4.92 Å². The molecule has 1 N–H and O–H groups in total. The van der Waals surface area contributed by atoms with Crippen LogP contribution in [-0.2, 0) is 6.42 Å². The Balaban J connectivity index is 1.77. The van der Waals surface area contributed by atoms with E-state index in [9.17, 15) is 10.1 Å². The van der Waals surface area contributed by atoms with E-state index >= 15 is 0 Å². The number of nitrogens with zero attached hydrogens (tertiary/aromatic N) is 3. The first-order chi connectivity index (χ1) is 13.0. The highest BCUT2D eigenvalue weighted by Crippen LogP contribution is 2.21. The van der Waals surface area contributed by atoms with E-state index in [-0.39, 0.29) is 5.69 Å². The van der Waals surface area contributed by atoms with Crippen LogP contribution >= 0.6 is 0 Å². The molecule has 0 radical (unpaired) electrons. The van der Waals surface area contributed by atoms with Crippen LogP contribution < -0.4 is 5.43 Å². The maximum Gasteiger partial charge on any atom is 0.269 e. The lowest BCUT2D eigenvalue weighted by Crippen LogP contribution is -2.00. The van der Waals surface area contributed by atoms with Crippen LogP contribution in [0.5, 0.6) is 0 Å². The Labute approximate surface area is 158 Å². The highest BCUT2D eigenvalue weighted by molar-refractivity contribution is 5.82. The van der Waals surface area contributed by atoms with Crippen LogP contribution in [0.15, 0.2) is 59.7 Å². The molecule has 6 heteroatoms. The summed E-state index contributed by atoms with van der Waals surface area (Å²) in [6, 6.07) is 16.8. The quantitative estimate of drug-likeness (QED) is 0.380. The van der Waals surface area contributed by atoms with Crippen LogP contribution in [0.1, 0.15) is 29.4 Å². The second-order valence-corrected chi connectivity index (χ2v) is 6.36. The van der Waals surface area contributed by atoms with Crippen molar-refractivity contribution in [2.75, 3.05) is 5.43 Å². The van der Waals surface area contributed by atoms with Crippen LogP contribution in [-0.4, -0.2) is 15.7 Å². The number of nitro benzene ring substituents is 1. The van der Waals surface area contributed by atoms with Crippen molar-refractivity contribution in [1.29, 1.82) is 0 Å². The van der Waals surface area contributed by atoms with Crippen molar-refractivity contribution in [2.24, 2.45) is 5.10 Å². The molecule has 0 saturated heterocycles. The van der Waals surface area contributed by atoms with Gasteiger partial charge in [-0.25, -0.2) is 0 Å². The molecule has 138 valence electrons. The number of anilines is 1. The van der Waals surface area contributed by atoms with E-state index in [1.807, 2.05) is 0 Å². The summed E-state index contributed by atoms with van der Waals surface area (Å²) in [7, 11) is 0. The van der Waals surface area contributed by atoms with Gasteiger partial charge in [-0.1, -0.05) is 19.1 Å². The number of aromatic nitrogens is 1. The smallest absolute Gasteiger partial charge is 0.269 e. The highest BCUT2D eigenvalue weighted by Gasteiger charge is 2.09. The molecule has 0 saturated carbocycles. The van der Waals surface area contributed by atoms with Crippen LogP contribution in [0.2, 0.25) is 0 Å². The summed E-state index contributed by atoms with van der Waals surface area (Å²) < 4.78 is 2.20. The predicted octanol–water partition coefficient (Wildman–Crippen LogP) is 5.01. The number of nitrogens with one attached hydrogen (secondary N) is 1. The topological polar surface area (TPSA) is 72.5 Å². The molecule has 0 unspecified atom stereocenters. The van der Waals surface area contributed by atoms with Gasteiger partial charge in [0.05, 0.1) is 16.8 Å². The normalized spacial score (nSPS) is 11.1. The van der Waals surface area contributed by atoms with Crippen LogP contribution in [0.4, 0.5) is 11.4 Å². The molecule has 1 aromatic heterocycles. The number of hydrazone groups is 1. The van der Waals surface area contributed by atoms with Gasteiger partial charge in [0, 0.05) is 34.8 Å². The van der Waals surface area contributed by atoms with E-state index in [4.69, 9.17) is 0 Å². The number of non-ortho nitro benzene ring substituents is 1. The van der Waals surface area contributed by atoms with Gasteiger partial charge >= 0.3 is 0 Å². The lowest BCUT2D eigenvalue weighted by Gasteiger charge is -2.10. The van der Waals surface area contributed by atoms with Crippen molar-refractivity contribution in [1.82, 2.24) is 4.57 Å². The van der Waals surface area contributed by atoms with E-state index in [1.165, 1.54) is 17.7 Å². The summed E-state index contributed by atoms with van der Waals surface area (Å²) in [6.45, 7) is 6.28. The molecule has 0 amide bonds. The van der Waals surface area contributed by atoms with Crippen LogP contribution in [0.3, 0.4) is 0 Å². The van der Waals surface area contributed by atoms with E-state index in [1.54, 1.807) is 18.3 Å². The Morgan fingerprint density at radius 1 is 1.11 bits per heavy atom. The minimum atomic E-state index is -0.422. The standard InChI is InChI=1S/C21H22N4O2/c1-4-17-5-9-20(10-6-17)24-15(2)13-18(16(24)3)14-22-23-19-7-11-21(12-8-19)25(26)27/h5-14,23H,4H2,1-3H3/b22-14-. The number of hydrogen-bond acceptors (Lipinski definition) is 4. The van der Waals surface area contributed by atoms with Gasteiger partial charge in [-0.15, -0.1) is 0 Å². The first-order valence-corrected chi connectivity index (χ1v) is 8.81. The average Bonchev–Trinajstić information content (AvgIpc) is 2.96. The number of benzene rings is 2. The molecule has 0 aliphatic carbocycles. The molecular weight excluding hydrogens is 340 g/mol. The number of rotatable bonds is 6. The summed E-state index contributed by atoms with van der Waals surface area (Å²) in [5.41, 5.74) is 9.36. The van der Waals surface area contributed by atoms with Gasteiger partial charge < -0.3 is 4.57 Å². The molecule has 0 atom stereocenters. The third kappa shape index (κ3) is 4.06. The predicted molar refractivity (Wildman–Crippen MR) is 109 cm³/mol. The van der Waals surface area contributed by atoms with Crippen molar-refractivity contribution in [2.45, 2.75) is 27.2 Å². The molecule has 27 heavy (non-hydrogen) atoms. The lowest BCUT2D eigenvalue weighted by atomic mass is 10.1. The van der Waals surface area contributed by atoms with Crippen molar-refractivity contribution >= 4 is 17.6 Å². The molecule has 2 aromatic carbocycles. The van der Waals surface area contributed by atoms with Crippen molar-refractivity contribution in [3.8, 4) is 5.69 Å². The molecule has 3 rings (SSSR count). The molecule has 0 spiro atoms. The zero-order valence-corrected chi connectivity index (χ0v) is 15.6.